The summed E-state index contributed by atoms with van der Waals surface area (Å²) in [5.41, 5.74) is 2.79. The molecular formula is C10H19N3. The quantitative estimate of drug-likeness (QED) is 0.294. The SMILES string of the molecule is NNC(=NC1CC1)C1CCCCC1. The highest BCUT2D eigenvalue weighted by Crippen LogP contribution is 2.28. The van der Waals surface area contributed by atoms with Crippen LogP contribution >= 0.6 is 0 Å². The largest absolute Gasteiger partial charge is 0.312 e. The lowest BCUT2D eigenvalue weighted by molar-refractivity contribution is 0.431. The number of aliphatic imine (C=N–C) groups is 1. The number of nitrogens with one attached hydrogen (secondary N) is 1. The van der Waals surface area contributed by atoms with Crippen LogP contribution in [0.25, 0.3) is 0 Å². The lowest BCUT2D eigenvalue weighted by Crippen LogP contribution is -2.37. The Morgan fingerprint density at radius 3 is 2.31 bits per heavy atom. The molecule has 2 aliphatic carbocycles. The molecule has 0 unspecified atom stereocenters. The second kappa shape index (κ2) is 4.09. The van der Waals surface area contributed by atoms with Crippen molar-refractivity contribution < 1.29 is 0 Å². The average Bonchev–Trinajstić information content (AvgIpc) is 2.99. The second-order valence-electron chi connectivity index (χ2n) is 4.22. The number of nitrogens with zero attached hydrogens (tertiary/aromatic N) is 1. The summed E-state index contributed by atoms with van der Waals surface area (Å²) >= 11 is 0. The van der Waals surface area contributed by atoms with E-state index in [1.807, 2.05) is 0 Å². The molecule has 0 atom stereocenters. The molecule has 0 heterocycles. The van der Waals surface area contributed by atoms with E-state index in [0.717, 1.165) is 5.84 Å². The lowest BCUT2D eigenvalue weighted by Gasteiger charge is -2.22. The molecule has 0 saturated heterocycles. The van der Waals surface area contributed by atoms with Crippen LogP contribution in [0, 0.1) is 5.92 Å². The molecule has 0 bridgehead atoms. The maximum Gasteiger partial charge on any atom is 0.114 e. The van der Waals surface area contributed by atoms with E-state index in [1.54, 1.807) is 0 Å². The maximum atomic E-state index is 5.50. The third-order valence-corrected chi connectivity index (χ3v) is 3.01. The van der Waals surface area contributed by atoms with Crippen LogP contribution in [-0.2, 0) is 0 Å². The highest BCUT2D eigenvalue weighted by atomic mass is 15.3. The predicted molar refractivity (Wildman–Crippen MR) is 54.4 cm³/mol. The highest BCUT2D eigenvalue weighted by Gasteiger charge is 2.24. The first kappa shape index (κ1) is 9.00. The first-order chi connectivity index (χ1) is 6.40. The topological polar surface area (TPSA) is 50.4 Å². The zero-order valence-electron chi connectivity index (χ0n) is 8.13. The number of rotatable bonds is 2. The average molecular weight is 181 g/mol. The molecule has 0 radical (unpaired) electrons. The van der Waals surface area contributed by atoms with Gasteiger partial charge in [-0.3, -0.25) is 4.99 Å². The molecule has 0 aromatic carbocycles. The van der Waals surface area contributed by atoms with E-state index in [4.69, 9.17) is 5.84 Å². The van der Waals surface area contributed by atoms with Crippen LogP contribution < -0.4 is 11.3 Å². The number of nitrogens with two attached hydrogens (primary N) is 1. The van der Waals surface area contributed by atoms with E-state index in [1.165, 1.54) is 44.9 Å². The van der Waals surface area contributed by atoms with E-state index < -0.39 is 0 Å². The van der Waals surface area contributed by atoms with Crippen LogP contribution in [0.3, 0.4) is 0 Å². The molecule has 0 amide bonds. The van der Waals surface area contributed by atoms with Crippen LogP contribution in [-0.4, -0.2) is 11.9 Å². The summed E-state index contributed by atoms with van der Waals surface area (Å²) in [5, 5.41) is 0. The summed E-state index contributed by atoms with van der Waals surface area (Å²) in [7, 11) is 0. The Bertz CT molecular complexity index is 190. The summed E-state index contributed by atoms with van der Waals surface area (Å²) in [6.45, 7) is 0. The fraction of sp³-hybridized carbons (Fsp3) is 0.900. The molecule has 2 saturated carbocycles. The summed E-state index contributed by atoms with van der Waals surface area (Å²) in [4.78, 5) is 4.61. The predicted octanol–water partition coefficient (Wildman–Crippen LogP) is 1.59. The molecule has 0 aromatic heterocycles. The van der Waals surface area contributed by atoms with Gasteiger partial charge in [-0.25, -0.2) is 5.84 Å². The zero-order chi connectivity index (χ0) is 9.10. The molecule has 2 fully saturated rings. The van der Waals surface area contributed by atoms with E-state index in [9.17, 15) is 0 Å². The van der Waals surface area contributed by atoms with Crippen LogP contribution in [0.4, 0.5) is 0 Å². The Hall–Kier alpha value is -0.570. The van der Waals surface area contributed by atoms with E-state index in [0.29, 0.717) is 12.0 Å². The van der Waals surface area contributed by atoms with Gasteiger partial charge in [0.25, 0.3) is 0 Å². The monoisotopic (exact) mass is 181 g/mol. The van der Waals surface area contributed by atoms with Crippen LogP contribution in [0.15, 0.2) is 4.99 Å². The van der Waals surface area contributed by atoms with Gasteiger partial charge in [0.15, 0.2) is 0 Å². The van der Waals surface area contributed by atoms with Crippen molar-refractivity contribution in [3.8, 4) is 0 Å². The molecule has 2 aliphatic rings. The van der Waals surface area contributed by atoms with Crippen molar-refractivity contribution in [1.82, 2.24) is 5.43 Å². The summed E-state index contributed by atoms with van der Waals surface area (Å²) in [6, 6.07) is 0.591. The molecule has 13 heavy (non-hydrogen) atoms. The number of hydrogen-bond acceptors (Lipinski definition) is 2. The number of hydrazine groups is 1. The Balaban J connectivity index is 1.93. The molecular weight excluding hydrogens is 162 g/mol. The minimum atomic E-state index is 0.591. The summed E-state index contributed by atoms with van der Waals surface area (Å²) in [5.74, 6) is 7.19. The van der Waals surface area contributed by atoms with E-state index in [-0.39, 0.29) is 0 Å². The fourth-order valence-corrected chi connectivity index (χ4v) is 2.04. The van der Waals surface area contributed by atoms with E-state index >= 15 is 0 Å². The first-order valence-corrected chi connectivity index (χ1v) is 5.44. The molecule has 3 N–H and O–H groups in total. The summed E-state index contributed by atoms with van der Waals surface area (Å²) < 4.78 is 0. The van der Waals surface area contributed by atoms with Gasteiger partial charge >= 0.3 is 0 Å². The van der Waals surface area contributed by atoms with Gasteiger partial charge in [-0.15, -0.1) is 0 Å². The van der Waals surface area contributed by atoms with E-state index in [2.05, 4.69) is 10.4 Å². The van der Waals surface area contributed by atoms with Gasteiger partial charge in [0, 0.05) is 5.92 Å². The van der Waals surface area contributed by atoms with Crippen LogP contribution in [0.5, 0.6) is 0 Å². The molecule has 3 nitrogen and oxygen atoms in total. The normalized spacial score (nSPS) is 26.1. The van der Waals surface area contributed by atoms with Gasteiger partial charge in [0.05, 0.1) is 6.04 Å². The third kappa shape index (κ3) is 2.44. The summed E-state index contributed by atoms with van der Waals surface area (Å²) in [6.07, 6.45) is 9.14. The lowest BCUT2D eigenvalue weighted by atomic mass is 9.88. The van der Waals surface area contributed by atoms with Gasteiger partial charge in [-0.1, -0.05) is 19.3 Å². The van der Waals surface area contributed by atoms with Crippen molar-refractivity contribution in [1.29, 1.82) is 0 Å². The number of hydrogen-bond donors (Lipinski definition) is 2. The zero-order valence-corrected chi connectivity index (χ0v) is 8.13. The molecule has 0 aliphatic heterocycles. The molecule has 2 rings (SSSR count). The van der Waals surface area contributed by atoms with Crippen molar-refractivity contribution in [2.75, 3.05) is 0 Å². The van der Waals surface area contributed by atoms with Gasteiger partial charge < -0.3 is 5.43 Å². The van der Waals surface area contributed by atoms with Gasteiger partial charge in [0.1, 0.15) is 5.84 Å². The highest BCUT2D eigenvalue weighted by molar-refractivity contribution is 5.84. The Morgan fingerprint density at radius 2 is 1.77 bits per heavy atom. The maximum absolute atomic E-state index is 5.50. The third-order valence-electron chi connectivity index (χ3n) is 3.01. The van der Waals surface area contributed by atoms with Crippen molar-refractivity contribution in [2.24, 2.45) is 16.8 Å². The van der Waals surface area contributed by atoms with Gasteiger partial charge in [-0.05, 0) is 25.7 Å². The number of amidine groups is 1. The Labute approximate surface area is 79.8 Å². The second-order valence-corrected chi connectivity index (χ2v) is 4.22. The minimum absolute atomic E-state index is 0.591. The van der Waals surface area contributed by atoms with Crippen LogP contribution in [0.2, 0.25) is 0 Å². The van der Waals surface area contributed by atoms with Crippen molar-refractivity contribution in [3.05, 3.63) is 0 Å². The van der Waals surface area contributed by atoms with Crippen molar-refractivity contribution >= 4 is 5.84 Å². The smallest absolute Gasteiger partial charge is 0.114 e. The molecule has 3 heteroatoms. The van der Waals surface area contributed by atoms with Gasteiger partial charge in [-0.2, -0.15) is 0 Å². The molecule has 74 valence electrons. The van der Waals surface area contributed by atoms with Crippen molar-refractivity contribution in [3.63, 3.8) is 0 Å². The Morgan fingerprint density at radius 1 is 1.08 bits per heavy atom. The standard InChI is InChI=1S/C10H19N3/c11-13-10(12-9-6-7-9)8-4-2-1-3-5-8/h8-9H,1-7,11H2,(H,12,13). The first-order valence-electron chi connectivity index (χ1n) is 5.44. The fourth-order valence-electron chi connectivity index (χ4n) is 2.04. The Kier molecular flexibility index (Phi) is 2.83. The van der Waals surface area contributed by atoms with Crippen LogP contribution in [0.1, 0.15) is 44.9 Å². The molecule has 0 spiro atoms. The molecule has 0 aromatic rings. The van der Waals surface area contributed by atoms with Crippen molar-refractivity contribution in [2.45, 2.75) is 51.0 Å². The van der Waals surface area contributed by atoms with Gasteiger partial charge in [0.2, 0.25) is 0 Å². The minimum Gasteiger partial charge on any atom is -0.312 e.